The predicted octanol–water partition coefficient (Wildman–Crippen LogP) is 3.54. The quantitative estimate of drug-likeness (QED) is 0.351. The van der Waals surface area contributed by atoms with Crippen LogP contribution in [0.25, 0.3) is 10.9 Å². The van der Waals surface area contributed by atoms with Gasteiger partial charge < -0.3 is 18.9 Å². The summed E-state index contributed by atoms with van der Waals surface area (Å²) < 4.78 is 49.5. The van der Waals surface area contributed by atoms with Gasteiger partial charge in [-0.15, -0.1) is 0 Å². The van der Waals surface area contributed by atoms with Crippen molar-refractivity contribution >= 4 is 26.7 Å². The Morgan fingerprint density at radius 1 is 0.853 bits per heavy atom. The lowest BCUT2D eigenvalue weighted by Gasteiger charge is -2.15. The fraction of sp³-hybridized carbons (Fsp3) is 0.167. The second-order valence-corrected chi connectivity index (χ2v) is 8.93. The molecule has 2 heterocycles. The van der Waals surface area contributed by atoms with Crippen molar-refractivity contribution in [3.8, 4) is 23.1 Å². The van der Waals surface area contributed by atoms with E-state index in [2.05, 4.69) is 4.98 Å². The molecular weight excluding hydrogens is 460 g/mol. The first-order valence-electron chi connectivity index (χ1n) is 10.1. The molecule has 34 heavy (non-hydrogen) atoms. The fourth-order valence-electron chi connectivity index (χ4n) is 3.65. The number of benzene rings is 2. The number of hydrogen-bond acceptors (Lipinski definition) is 8. The van der Waals surface area contributed by atoms with Crippen molar-refractivity contribution in [1.82, 2.24) is 8.96 Å². The first-order valence-corrected chi connectivity index (χ1v) is 11.5. The number of ketones is 1. The molecule has 2 aromatic carbocycles. The summed E-state index contributed by atoms with van der Waals surface area (Å²) in [5, 5.41) is 0.474. The molecule has 2 aromatic heterocycles. The number of ether oxygens (including phenoxy) is 4. The predicted molar refractivity (Wildman–Crippen MR) is 125 cm³/mol. The lowest BCUT2D eigenvalue weighted by Crippen LogP contribution is -2.19. The Morgan fingerprint density at radius 2 is 1.50 bits per heavy atom. The number of nitrogens with zero attached hydrogens (tertiary/aromatic N) is 2. The Labute approximate surface area is 196 Å². The molecule has 176 valence electrons. The van der Waals surface area contributed by atoms with E-state index in [0.717, 1.165) is 3.97 Å². The van der Waals surface area contributed by atoms with Gasteiger partial charge in [-0.25, -0.2) is 17.4 Å². The molecule has 0 spiro atoms. The van der Waals surface area contributed by atoms with Crippen molar-refractivity contribution in [2.45, 2.75) is 4.90 Å². The Balaban J connectivity index is 1.99. The van der Waals surface area contributed by atoms with E-state index in [4.69, 9.17) is 18.9 Å². The summed E-state index contributed by atoms with van der Waals surface area (Å²) in [6.45, 7) is 0. The van der Waals surface area contributed by atoms with Crippen LogP contribution in [0, 0.1) is 0 Å². The second kappa shape index (κ2) is 9.06. The number of fused-ring (bicyclic) bond motifs is 1. The summed E-state index contributed by atoms with van der Waals surface area (Å²) in [7, 11) is 1.62. The van der Waals surface area contributed by atoms with Crippen molar-refractivity contribution in [3.05, 3.63) is 72.1 Å². The number of methoxy groups -OCH3 is 4. The summed E-state index contributed by atoms with van der Waals surface area (Å²) >= 11 is 0. The largest absolute Gasteiger partial charge is 0.493 e. The summed E-state index contributed by atoms with van der Waals surface area (Å²) in [6.07, 6.45) is 1.36. The topological polar surface area (TPSA) is 106 Å². The molecular formula is C24H22N2O7S. The smallest absolute Gasteiger partial charge is 0.268 e. The van der Waals surface area contributed by atoms with Gasteiger partial charge in [-0.2, -0.15) is 0 Å². The minimum Gasteiger partial charge on any atom is -0.493 e. The van der Waals surface area contributed by atoms with Crippen molar-refractivity contribution in [1.29, 1.82) is 0 Å². The molecule has 0 radical (unpaired) electrons. The molecule has 0 fully saturated rings. The molecule has 0 saturated carbocycles. The van der Waals surface area contributed by atoms with Crippen LogP contribution in [0.4, 0.5) is 0 Å². The average molecular weight is 483 g/mol. The van der Waals surface area contributed by atoms with Gasteiger partial charge in [-0.1, -0.05) is 18.2 Å². The number of carbonyl (C=O) groups excluding carboxylic acids is 1. The molecule has 0 unspecified atom stereocenters. The molecule has 0 aliphatic carbocycles. The number of pyridine rings is 1. The number of hydrogen-bond donors (Lipinski definition) is 0. The molecule has 0 N–H and O–H groups in total. The van der Waals surface area contributed by atoms with Crippen molar-refractivity contribution < 1.29 is 32.2 Å². The van der Waals surface area contributed by atoms with Gasteiger partial charge in [0.2, 0.25) is 17.4 Å². The monoisotopic (exact) mass is 482 g/mol. The normalized spacial score (nSPS) is 11.3. The van der Waals surface area contributed by atoms with Crippen LogP contribution in [0.1, 0.15) is 16.1 Å². The van der Waals surface area contributed by atoms with E-state index in [1.54, 1.807) is 24.3 Å². The van der Waals surface area contributed by atoms with Gasteiger partial charge in [0.15, 0.2) is 11.5 Å². The Hall–Kier alpha value is -4.05. The van der Waals surface area contributed by atoms with Crippen LogP contribution in [0.15, 0.2) is 65.7 Å². The van der Waals surface area contributed by atoms with Crippen molar-refractivity contribution in [3.63, 3.8) is 0 Å². The summed E-state index contributed by atoms with van der Waals surface area (Å²) in [5.41, 5.74) is 0.311. The molecule has 0 atom stereocenters. The highest BCUT2D eigenvalue weighted by Crippen LogP contribution is 2.39. The number of rotatable bonds is 8. The van der Waals surface area contributed by atoms with Gasteiger partial charge in [0.05, 0.1) is 45.0 Å². The number of carbonyl (C=O) groups is 1. The van der Waals surface area contributed by atoms with E-state index in [1.807, 2.05) is 0 Å². The highest BCUT2D eigenvalue weighted by atomic mass is 32.2. The van der Waals surface area contributed by atoms with Gasteiger partial charge in [0.1, 0.15) is 5.69 Å². The summed E-state index contributed by atoms with van der Waals surface area (Å²) in [5.74, 6) is 0.569. The van der Waals surface area contributed by atoms with Crippen LogP contribution in [0.2, 0.25) is 0 Å². The SMILES string of the molecule is COc1cc2cc(C(=O)c3cc(OC)c(OC)c(OC)c3)n(S(=O)(=O)c3ccccc3)c2cn1. The maximum absolute atomic E-state index is 13.7. The Bertz CT molecular complexity index is 1450. The zero-order chi connectivity index (χ0) is 24.5. The van der Waals surface area contributed by atoms with Crippen molar-refractivity contribution in [2.75, 3.05) is 28.4 Å². The van der Waals surface area contributed by atoms with Crippen LogP contribution in [-0.2, 0) is 10.0 Å². The summed E-state index contributed by atoms with van der Waals surface area (Å²) in [6, 6.07) is 13.9. The molecule has 4 aromatic rings. The Morgan fingerprint density at radius 3 is 2.06 bits per heavy atom. The highest BCUT2D eigenvalue weighted by molar-refractivity contribution is 7.90. The minimum atomic E-state index is -4.14. The van der Waals surface area contributed by atoms with Gasteiger partial charge in [-0.05, 0) is 30.3 Å². The maximum Gasteiger partial charge on any atom is 0.268 e. The Kier molecular flexibility index (Phi) is 6.16. The molecule has 0 amide bonds. The second-order valence-electron chi connectivity index (χ2n) is 7.14. The van der Waals surface area contributed by atoms with Gasteiger partial charge in [0.25, 0.3) is 10.0 Å². The molecule has 0 saturated heterocycles. The van der Waals surface area contributed by atoms with E-state index in [1.165, 1.54) is 65.0 Å². The third kappa shape index (κ3) is 3.81. The van der Waals surface area contributed by atoms with Crippen LogP contribution in [0.5, 0.6) is 23.1 Å². The average Bonchev–Trinajstić information content (AvgIpc) is 3.27. The fourth-order valence-corrected chi connectivity index (χ4v) is 5.17. The van der Waals surface area contributed by atoms with E-state index in [9.17, 15) is 13.2 Å². The molecule has 0 aliphatic heterocycles. The van der Waals surface area contributed by atoms with Gasteiger partial charge in [0, 0.05) is 17.0 Å². The minimum absolute atomic E-state index is 0.0299. The first kappa shape index (κ1) is 23.1. The lowest BCUT2D eigenvalue weighted by molar-refractivity contribution is 0.103. The molecule has 9 nitrogen and oxygen atoms in total. The third-order valence-corrected chi connectivity index (χ3v) is 7.01. The molecule has 4 rings (SSSR count). The molecule has 10 heteroatoms. The van der Waals surface area contributed by atoms with Crippen LogP contribution >= 0.6 is 0 Å². The van der Waals surface area contributed by atoms with Crippen molar-refractivity contribution in [2.24, 2.45) is 0 Å². The van der Waals surface area contributed by atoms with E-state index < -0.39 is 15.8 Å². The summed E-state index contributed by atoms with van der Waals surface area (Å²) in [4.78, 5) is 17.9. The van der Waals surface area contributed by atoms with E-state index >= 15 is 0 Å². The van der Waals surface area contributed by atoms with Crippen LogP contribution < -0.4 is 18.9 Å². The maximum atomic E-state index is 13.7. The molecule has 0 bridgehead atoms. The van der Waals surface area contributed by atoms with Gasteiger partial charge in [-0.3, -0.25) is 4.79 Å². The highest BCUT2D eigenvalue weighted by Gasteiger charge is 2.28. The van der Waals surface area contributed by atoms with Crippen LogP contribution in [-0.4, -0.2) is 51.6 Å². The van der Waals surface area contributed by atoms with Crippen LogP contribution in [0.3, 0.4) is 0 Å². The zero-order valence-electron chi connectivity index (χ0n) is 18.9. The van der Waals surface area contributed by atoms with Gasteiger partial charge >= 0.3 is 0 Å². The third-order valence-electron chi connectivity index (χ3n) is 5.27. The lowest BCUT2D eigenvalue weighted by atomic mass is 10.1. The zero-order valence-corrected chi connectivity index (χ0v) is 19.8. The van der Waals surface area contributed by atoms with E-state index in [0.29, 0.717) is 11.1 Å². The first-order chi connectivity index (χ1) is 16.3. The molecule has 0 aliphatic rings. The van der Waals surface area contributed by atoms with E-state index in [-0.39, 0.29) is 39.0 Å². The number of aromatic nitrogens is 2. The standard InChI is InChI=1S/C24H22N2O7S/c1-30-20-11-16(12-21(31-2)24(20)33-4)23(27)18-10-15-13-22(32-3)25-14-19(15)26(18)34(28,29)17-8-6-5-7-9-17/h5-14H,1-4H3.